The third-order valence-corrected chi connectivity index (χ3v) is 4.74. The maximum Gasteiger partial charge on any atom is 0.182 e. The smallest absolute Gasteiger partial charge is 0.182 e. The summed E-state index contributed by atoms with van der Waals surface area (Å²) in [7, 11) is 0. The molecule has 2 aromatic rings. The van der Waals surface area contributed by atoms with E-state index in [1.165, 1.54) is 22.3 Å². The van der Waals surface area contributed by atoms with Crippen LogP contribution in [0.4, 0.5) is 0 Å². The van der Waals surface area contributed by atoms with Crippen molar-refractivity contribution in [3.63, 3.8) is 0 Å². The lowest BCUT2D eigenvalue weighted by Gasteiger charge is -2.25. The summed E-state index contributed by atoms with van der Waals surface area (Å²) >= 11 is 0. The molecule has 0 atom stereocenters. The van der Waals surface area contributed by atoms with Crippen LogP contribution in [0.15, 0.2) is 36.4 Å². The Morgan fingerprint density at radius 2 is 0.962 bits per heavy atom. The van der Waals surface area contributed by atoms with Gasteiger partial charge in [-0.05, 0) is 46.9 Å². The fraction of sp³-hybridized carbons (Fsp3) is 0.500. The van der Waals surface area contributed by atoms with Gasteiger partial charge < -0.3 is 0 Å². The summed E-state index contributed by atoms with van der Waals surface area (Å²) in [5.41, 5.74) is 4.93. The summed E-state index contributed by atoms with van der Waals surface area (Å²) < 4.78 is 0. The molecule has 142 valence electrons. The summed E-state index contributed by atoms with van der Waals surface area (Å²) in [6, 6.07) is 12.7. The molecular weight excluding hydrogens is 320 g/mol. The largest absolute Gasteiger partial charge is 0.290 e. The molecule has 2 rings (SSSR count). The predicted molar refractivity (Wildman–Crippen MR) is 110 cm³/mol. The van der Waals surface area contributed by atoms with Gasteiger partial charge in [0.15, 0.2) is 11.5 Å². The normalized spacial score (nSPS) is 12.2. The van der Waals surface area contributed by atoms with Gasteiger partial charge in [0.05, 0.1) is 0 Å². The van der Waals surface area contributed by atoms with Crippen molar-refractivity contribution >= 4 is 0 Å². The van der Waals surface area contributed by atoms with Crippen molar-refractivity contribution in [2.24, 2.45) is 0 Å². The number of rotatable bonds is 5. The summed E-state index contributed by atoms with van der Waals surface area (Å²) in [5.74, 6) is 1.57. The minimum atomic E-state index is -0.0111. The molecule has 0 saturated carbocycles. The molecular formula is C24H34O2. The second-order valence-corrected chi connectivity index (χ2v) is 9.03. The summed E-state index contributed by atoms with van der Waals surface area (Å²) in [6.45, 7) is 17.5. The van der Waals surface area contributed by atoms with E-state index in [-0.39, 0.29) is 10.8 Å². The second-order valence-electron chi connectivity index (χ2n) is 9.03. The molecule has 0 unspecified atom stereocenters. The molecule has 0 aliphatic heterocycles. The average molecular weight is 355 g/mol. The van der Waals surface area contributed by atoms with Crippen LogP contribution in [0.3, 0.4) is 0 Å². The van der Waals surface area contributed by atoms with Gasteiger partial charge in [0.1, 0.15) is 0 Å². The van der Waals surface area contributed by atoms with Crippen LogP contribution in [-0.4, -0.2) is 0 Å². The highest BCUT2D eigenvalue weighted by molar-refractivity contribution is 5.43. The summed E-state index contributed by atoms with van der Waals surface area (Å²) in [4.78, 5) is 11.7. The molecule has 0 amide bonds. The molecule has 2 nitrogen and oxygen atoms in total. The highest BCUT2D eigenvalue weighted by Gasteiger charge is 2.23. The summed E-state index contributed by atoms with van der Waals surface area (Å²) in [5, 5.41) is 0. The van der Waals surface area contributed by atoms with Gasteiger partial charge in [-0.2, -0.15) is 0 Å². The molecule has 0 saturated heterocycles. The van der Waals surface area contributed by atoms with Crippen LogP contribution in [0.25, 0.3) is 0 Å². The van der Waals surface area contributed by atoms with Crippen molar-refractivity contribution < 1.29 is 9.78 Å². The van der Waals surface area contributed by atoms with Crippen LogP contribution in [0.1, 0.15) is 77.6 Å². The lowest BCUT2D eigenvalue weighted by atomic mass is 9.85. The molecule has 0 heterocycles. The van der Waals surface area contributed by atoms with E-state index in [1.54, 1.807) is 0 Å². The van der Waals surface area contributed by atoms with Crippen LogP contribution in [0.5, 0.6) is 11.5 Å². The van der Waals surface area contributed by atoms with E-state index in [4.69, 9.17) is 9.78 Å². The van der Waals surface area contributed by atoms with Gasteiger partial charge in [-0.1, -0.05) is 79.7 Å². The maximum atomic E-state index is 5.86. The molecule has 0 bridgehead atoms. The van der Waals surface area contributed by atoms with Crippen LogP contribution >= 0.6 is 0 Å². The zero-order valence-electron chi connectivity index (χ0n) is 17.7. The van der Waals surface area contributed by atoms with Gasteiger partial charge in [0.2, 0.25) is 0 Å². The molecule has 2 aromatic carbocycles. The Balaban J connectivity index is 2.35. The van der Waals surface area contributed by atoms with Crippen molar-refractivity contribution in [2.75, 3.05) is 0 Å². The Morgan fingerprint density at radius 3 is 1.23 bits per heavy atom. The van der Waals surface area contributed by atoms with E-state index in [9.17, 15) is 0 Å². The lowest BCUT2D eigenvalue weighted by Crippen LogP contribution is -2.17. The van der Waals surface area contributed by atoms with E-state index < -0.39 is 0 Å². The highest BCUT2D eigenvalue weighted by atomic mass is 17.2. The van der Waals surface area contributed by atoms with E-state index in [1.807, 2.05) is 12.1 Å². The minimum absolute atomic E-state index is 0.0111. The SMILES string of the molecule is CCc1ccc(OOc2ccc(CC)cc2C(C)(C)C)c(C(C)(C)C)c1. The van der Waals surface area contributed by atoms with Crippen molar-refractivity contribution in [1.82, 2.24) is 0 Å². The van der Waals surface area contributed by atoms with Crippen LogP contribution in [-0.2, 0) is 23.7 Å². The Morgan fingerprint density at radius 1 is 0.615 bits per heavy atom. The highest BCUT2D eigenvalue weighted by Crippen LogP contribution is 2.35. The van der Waals surface area contributed by atoms with Crippen LogP contribution in [0, 0.1) is 0 Å². The monoisotopic (exact) mass is 354 g/mol. The number of hydrogen-bond donors (Lipinski definition) is 0. The maximum absolute atomic E-state index is 5.86. The minimum Gasteiger partial charge on any atom is -0.290 e. The zero-order chi connectivity index (χ0) is 19.5. The molecule has 0 N–H and O–H groups in total. The Kier molecular flexibility index (Phi) is 6.05. The lowest BCUT2D eigenvalue weighted by molar-refractivity contribution is -0.103. The molecule has 2 heteroatoms. The number of benzene rings is 2. The first kappa shape index (κ1) is 20.4. The third-order valence-electron chi connectivity index (χ3n) is 4.74. The van der Waals surface area contributed by atoms with Gasteiger partial charge in [-0.3, -0.25) is 9.78 Å². The first-order valence-corrected chi connectivity index (χ1v) is 9.67. The topological polar surface area (TPSA) is 18.5 Å². The van der Waals surface area contributed by atoms with Crippen LogP contribution < -0.4 is 9.78 Å². The molecule has 0 aromatic heterocycles. The third kappa shape index (κ3) is 4.81. The van der Waals surface area contributed by atoms with Gasteiger partial charge in [-0.25, -0.2) is 0 Å². The number of hydrogen-bond acceptors (Lipinski definition) is 2. The van der Waals surface area contributed by atoms with Crippen molar-refractivity contribution in [1.29, 1.82) is 0 Å². The van der Waals surface area contributed by atoms with Crippen LogP contribution in [0.2, 0.25) is 0 Å². The Labute approximate surface area is 159 Å². The molecule has 0 spiro atoms. The predicted octanol–water partition coefficient (Wildman–Crippen LogP) is 6.78. The molecule has 0 aliphatic carbocycles. The van der Waals surface area contributed by atoms with Gasteiger partial charge >= 0.3 is 0 Å². The second kappa shape index (κ2) is 7.73. The van der Waals surface area contributed by atoms with Crippen molar-refractivity contribution in [3.8, 4) is 11.5 Å². The Bertz CT molecular complexity index is 680. The first-order valence-electron chi connectivity index (χ1n) is 9.67. The van der Waals surface area contributed by atoms with Gasteiger partial charge in [-0.15, -0.1) is 0 Å². The molecule has 0 fully saturated rings. The van der Waals surface area contributed by atoms with E-state index in [2.05, 4.69) is 79.7 Å². The molecule has 0 aliphatic rings. The van der Waals surface area contributed by atoms with Gasteiger partial charge in [0, 0.05) is 11.1 Å². The van der Waals surface area contributed by atoms with Crippen molar-refractivity contribution in [3.05, 3.63) is 58.7 Å². The van der Waals surface area contributed by atoms with E-state index >= 15 is 0 Å². The molecule has 0 radical (unpaired) electrons. The van der Waals surface area contributed by atoms with E-state index in [0.717, 1.165) is 24.3 Å². The zero-order valence-corrected chi connectivity index (χ0v) is 17.7. The molecule has 26 heavy (non-hydrogen) atoms. The standard InChI is InChI=1S/C24H34O2/c1-9-17-11-13-21(19(15-17)23(3,4)5)25-26-22-14-12-18(10-2)16-20(22)24(6,7)8/h11-16H,9-10H2,1-8H3. The average Bonchev–Trinajstić information content (AvgIpc) is 2.58. The quantitative estimate of drug-likeness (QED) is 0.435. The van der Waals surface area contributed by atoms with E-state index in [0.29, 0.717) is 0 Å². The fourth-order valence-corrected chi connectivity index (χ4v) is 3.00. The number of aryl methyl sites for hydroxylation is 2. The summed E-state index contributed by atoms with van der Waals surface area (Å²) in [6.07, 6.45) is 2.02. The first-order chi connectivity index (χ1) is 12.1. The van der Waals surface area contributed by atoms with Crippen molar-refractivity contribution in [2.45, 2.75) is 79.1 Å². The fourth-order valence-electron chi connectivity index (χ4n) is 3.00. The Hall–Kier alpha value is -1.96. The van der Waals surface area contributed by atoms with Gasteiger partial charge in [0.25, 0.3) is 0 Å².